The Bertz CT molecular complexity index is 1140. The van der Waals surface area contributed by atoms with Crippen molar-refractivity contribution in [1.82, 2.24) is 9.38 Å². The zero-order chi connectivity index (χ0) is 16.7. The van der Waals surface area contributed by atoms with Gasteiger partial charge in [-0.15, -0.1) is 0 Å². The van der Waals surface area contributed by atoms with E-state index in [1.54, 1.807) is 12.1 Å². The molecule has 4 rings (SSSR count). The highest BCUT2D eigenvalue weighted by Gasteiger charge is 2.14. The highest BCUT2D eigenvalue weighted by molar-refractivity contribution is 7.23. The van der Waals surface area contributed by atoms with Crippen LogP contribution in [-0.2, 0) is 0 Å². The number of anilines is 1. The minimum absolute atomic E-state index is 0.171. The molecule has 4 aromatic rings. The van der Waals surface area contributed by atoms with E-state index in [0.29, 0.717) is 10.5 Å². The van der Waals surface area contributed by atoms with E-state index in [0.717, 1.165) is 15.8 Å². The molecule has 0 spiro atoms. The van der Waals surface area contributed by atoms with E-state index in [2.05, 4.69) is 10.3 Å². The Morgan fingerprint density at radius 3 is 2.71 bits per heavy atom. The molecule has 0 aliphatic rings. The first kappa shape index (κ1) is 14.6. The molecular weight excluding hydrogens is 322 g/mol. The van der Waals surface area contributed by atoms with Crippen molar-refractivity contribution in [2.75, 3.05) is 5.32 Å². The molecule has 0 radical (unpaired) electrons. The number of carbonyl (C=O) groups excluding carboxylic acids is 1. The van der Waals surface area contributed by atoms with Crippen molar-refractivity contribution < 1.29 is 4.79 Å². The molecule has 0 saturated carbocycles. The van der Waals surface area contributed by atoms with Crippen LogP contribution >= 0.6 is 11.3 Å². The molecule has 5 nitrogen and oxygen atoms in total. The lowest BCUT2D eigenvalue weighted by atomic mass is 10.1. The minimum atomic E-state index is -0.313. The van der Waals surface area contributed by atoms with Crippen LogP contribution in [0.2, 0.25) is 0 Å². The molecule has 0 atom stereocenters. The zero-order valence-electron chi connectivity index (χ0n) is 12.8. The van der Waals surface area contributed by atoms with Crippen molar-refractivity contribution in [2.45, 2.75) is 6.92 Å². The molecule has 0 saturated heterocycles. The Hall–Kier alpha value is -2.99. The predicted molar refractivity (Wildman–Crippen MR) is 96.0 cm³/mol. The van der Waals surface area contributed by atoms with E-state index in [-0.39, 0.29) is 17.2 Å². The number of aromatic nitrogens is 2. The van der Waals surface area contributed by atoms with Crippen molar-refractivity contribution in [3.05, 3.63) is 76.2 Å². The second kappa shape index (κ2) is 5.58. The molecule has 2 aromatic carbocycles. The third-order valence-corrected chi connectivity index (χ3v) is 4.91. The summed E-state index contributed by atoms with van der Waals surface area (Å²) >= 11 is 1.44. The molecule has 0 bridgehead atoms. The van der Waals surface area contributed by atoms with Crippen LogP contribution in [0.25, 0.3) is 15.2 Å². The number of benzene rings is 2. The number of hydrogen-bond donors (Lipinski definition) is 1. The van der Waals surface area contributed by atoms with Gasteiger partial charge in [-0.25, -0.2) is 9.38 Å². The Kier molecular flexibility index (Phi) is 3.39. The summed E-state index contributed by atoms with van der Waals surface area (Å²) in [6, 6.07) is 14.9. The summed E-state index contributed by atoms with van der Waals surface area (Å²) in [6.07, 6.45) is 1.42. The van der Waals surface area contributed by atoms with Crippen molar-refractivity contribution in [3.63, 3.8) is 0 Å². The summed E-state index contributed by atoms with van der Waals surface area (Å²) < 4.78 is 2.51. The quantitative estimate of drug-likeness (QED) is 0.610. The summed E-state index contributed by atoms with van der Waals surface area (Å²) in [5.41, 5.74) is 2.08. The van der Waals surface area contributed by atoms with Gasteiger partial charge in [-0.2, -0.15) is 0 Å². The third kappa shape index (κ3) is 2.28. The summed E-state index contributed by atoms with van der Waals surface area (Å²) in [7, 11) is 0. The molecular formula is C18H13N3O2S. The normalized spacial score (nSPS) is 11.0. The number of aryl methyl sites for hydroxylation is 1. The van der Waals surface area contributed by atoms with Gasteiger partial charge >= 0.3 is 0 Å². The van der Waals surface area contributed by atoms with Gasteiger partial charge in [0.05, 0.1) is 16.4 Å². The van der Waals surface area contributed by atoms with Crippen LogP contribution in [0, 0.1) is 6.92 Å². The lowest BCUT2D eigenvalue weighted by Crippen LogP contribution is -2.23. The van der Waals surface area contributed by atoms with Crippen molar-refractivity contribution in [3.8, 4) is 0 Å². The number of rotatable bonds is 2. The van der Waals surface area contributed by atoms with E-state index in [9.17, 15) is 9.59 Å². The van der Waals surface area contributed by atoms with Crippen LogP contribution in [0.1, 0.15) is 15.9 Å². The molecule has 24 heavy (non-hydrogen) atoms. The number of para-hydroxylation sites is 1. The van der Waals surface area contributed by atoms with Crippen LogP contribution in [-0.4, -0.2) is 15.3 Å². The van der Waals surface area contributed by atoms with Gasteiger partial charge in [-0.05, 0) is 30.7 Å². The topological polar surface area (TPSA) is 63.5 Å². The largest absolute Gasteiger partial charge is 0.316 e. The van der Waals surface area contributed by atoms with Crippen LogP contribution in [0.5, 0.6) is 0 Å². The summed E-state index contributed by atoms with van der Waals surface area (Å²) in [5.74, 6) is -0.313. The zero-order valence-corrected chi connectivity index (χ0v) is 13.6. The minimum Gasteiger partial charge on any atom is -0.316 e. The van der Waals surface area contributed by atoms with Gasteiger partial charge < -0.3 is 5.32 Å². The summed E-state index contributed by atoms with van der Waals surface area (Å²) in [4.78, 5) is 30.1. The van der Waals surface area contributed by atoms with E-state index in [1.807, 2.05) is 43.3 Å². The Balaban J connectivity index is 1.82. The number of carbonyl (C=O) groups is 1. The lowest BCUT2D eigenvalue weighted by molar-refractivity contribution is 0.102. The van der Waals surface area contributed by atoms with Gasteiger partial charge in [-0.3, -0.25) is 9.59 Å². The fourth-order valence-corrected chi connectivity index (χ4v) is 3.64. The molecule has 6 heteroatoms. The lowest BCUT2D eigenvalue weighted by Gasteiger charge is -2.07. The number of nitrogens with zero attached hydrogens (tertiary/aromatic N) is 2. The maximum Gasteiger partial charge on any atom is 0.282 e. The van der Waals surface area contributed by atoms with Crippen LogP contribution in [0.15, 0.2) is 59.5 Å². The monoisotopic (exact) mass is 335 g/mol. The Labute approximate surface area is 141 Å². The van der Waals surface area contributed by atoms with Crippen LogP contribution < -0.4 is 10.9 Å². The SMILES string of the molecule is Cc1ccccc1C(=O)Nc1cnc2sc3ccccc3n2c1=O. The molecule has 0 aliphatic carbocycles. The molecule has 0 aliphatic heterocycles. The molecule has 118 valence electrons. The van der Waals surface area contributed by atoms with Crippen LogP contribution in [0.4, 0.5) is 5.69 Å². The molecule has 2 heterocycles. The second-order valence-electron chi connectivity index (χ2n) is 5.43. The van der Waals surface area contributed by atoms with Gasteiger partial charge in [0.15, 0.2) is 4.96 Å². The number of hydrogen-bond acceptors (Lipinski definition) is 4. The van der Waals surface area contributed by atoms with Crippen molar-refractivity contribution in [1.29, 1.82) is 0 Å². The van der Waals surface area contributed by atoms with Crippen molar-refractivity contribution in [2.24, 2.45) is 0 Å². The maximum absolute atomic E-state index is 12.8. The maximum atomic E-state index is 12.8. The fraction of sp³-hybridized carbons (Fsp3) is 0.0556. The molecule has 1 amide bonds. The smallest absolute Gasteiger partial charge is 0.282 e. The highest BCUT2D eigenvalue weighted by Crippen LogP contribution is 2.23. The van der Waals surface area contributed by atoms with Crippen molar-refractivity contribution >= 4 is 38.1 Å². The van der Waals surface area contributed by atoms with Gasteiger partial charge in [-0.1, -0.05) is 41.7 Å². The Morgan fingerprint density at radius 1 is 1.12 bits per heavy atom. The molecule has 0 unspecified atom stereocenters. The van der Waals surface area contributed by atoms with Crippen LogP contribution in [0.3, 0.4) is 0 Å². The summed E-state index contributed by atoms with van der Waals surface area (Å²) in [5, 5.41) is 2.68. The molecule has 0 fully saturated rings. The van der Waals surface area contributed by atoms with Gasteiger partial charge in [0.1, 0.15) is 5.69 Å². The Morgan fingerprint density at radius 2 is 1.88 bits per heavy atom. The van der Waals surface area contributed by atoms with Gasteiger partial charge in [0, 0.05) is 5.56 Å². The third-order valence-electron chi connectivity index (χ3n) is 3.87. The standard InChI is InChI=1S/C18H13N3O2S/c1-11-6-2-3-7-12(11)16(22)20-13-10-19-18-21(17(13)23)14-8-4-5-9-15(14)24-18/h2-10H,1H3,(H,20,22). The fourth-order valence-electron chi connectivity index (χ4n) is 2.65. The average Bonchev–Trinajstić information content (AvgIpc) is 2.97. The van der Waals surface area contributed by atoms with Gasteiger partial charge in [0.25, 0.3) is 11.5 Å². The van der Waals surface area contributed by atoms with Gasteiger partial charge in [0.2, 0.25) is 0 Å². The second-order valence-corrected chi connectivity index (χ2v) is 6.44. The van der Waals surface area contributed by atoms with E-state index in [4.69, 9.17) is 0 Å². The first-order valence-corrected chi connectivity index (χ1v) is 8.23. The number of fused-ring (bicyclic) bond motifs is 3. The number of nitrogens with one attached hydrogen (secondary N) is 1. The molecule has 1 N–H and O–H groups in total. The first-order valence-electron chi connectivity index (χ1n) is 7.41. The van der Waals surface area contributed by atoms with E-state index in [1.165, 1.54) is 21.9 Å². The van der Waals surface area contributed by atoms with E-state index < -0.39 is 0 Å². The molecule has 2 aromatic heterocycles. The highest BCUT2D eigenvalue weighted by atomic mass is 32.1. The number of amides is 1. The number of thiazole rings is 1. The predicted octanol–water partition coefficient (Wildman–Crippen LogP) is 3.47. The first-order chi connectivity index (χ1) is 11.6. The van der Waals surface area contributed by atoms with E-state index >= 15 is 0 Å². The average molecular weight is 335 g/mol. The summed E-state index contributed by atoms with van der Waals surface area (Å²) in [6.45, 7) is 1.86.